The minimum Gasteiger partial charge on any atom is -0.544 e. The summed E-state index contributed by atoms with van der Waals surface area (Å²) < 4.78 is 5.51. The largest absolute Gasteiger partial charge is 0.544 e. The maximum Gasteiger partial charge on any atom is 0.213 e. The zero-order chi connectivity index (χ0) is 17.4. The summed E-state index contributed by atoms with van der Waals surface area (Å²) in [7, 11) is 0. The maximum absolute atomic E-state index is 11.4. The number of carboxylic acids is 1. The lowest BCUT2D eigenvalue weighted by atomic mass is 10.2. The summed E-state index contributed by atoms with van der Waals surface area (Å²) in [5.41, 5.74) is 0.745. The van der Waals surface area contributed by atoms with Gasteiger partial charge in [0.05, 0.1) is 12.6 Å². The molecule has 24 heavy (non-hydrogen) atoms. The molecule has 0 aliphatic heterocycles. The second-order valence-corrected chi connectivity index (χ2v) is 6.14. The third-order valence-electron chi connectivity index (χ3n) is 3.05. The van der Waals surface area contributed by atoms with E-state index in [0.29, 0.717) is 11.8 Å². The van der Waals surface area contributed by atoms with Crippen LogP contribution in [0.2, 0.25) is 0 Å². The van der Waals surface area contributed by atoms with Crippen LogP contribution in [-0.2, 0) is 11.2 Å². The quantitative estimate of drug-likeness (QED) is 0.554. The van der Waals surface area contributed by atoms with Crippen molar-refractivity contribution in [2.24, 2.45) is 0 Å². The molecule has 0 bridgehead atoms. The summed E-state index contributed by atoms with van der Waals surface area (Å²) in [5, 5.41) is 18.6. The number of thioether (sulfide) groups is 1. The first-order valence-electron chi connectivity index (χ1n) is 7.87. The zero-order valence-corrected chi connectivity index (χ0v) is 14.6. The van der Waals surface area contributed by atoms with Crippen LogP contribution in [0, 0.1) is 0 Å². The standard InChI is InChI=1S/C17H21N3O3S/c1-3-5-15-18-17(20-19-15)24-14(16(21)22)11-12-6-8-13(9-7-12)23-10-4-2/h6-9,11H,3-5,10H2,1-2H3,(H,21,22)(H,18,19,20)/p-1/b14-11+. The molecular weight excluding hydrogens is 326 g/mol. The Bertz CT molecular complexity index is 695. The summed E-state index contributed by atoms with van der Waals surface area (Å²) in [6.07, 6.45) is 4.19. The molecule has 7 heteroatoms. The number of H-pyrrole nitrogens is 1. The smallest absolute Gasteiger partial charge is 0.213 e. The SMILES string of the molecule is CCCOc1ccc(/C=C(/Sc2n[nH]c(CCC)n2)C(=O)[O-])cc1. The van der Waals surface area contributed by atoms with Gasteiger partial charge in [0.1, 0.15) is 11.6 Å². The highest BCUT2D eigenvalue weighted by Crippen LogP contribution is 2.25. The molecule has 6 nitrogen and oxygen atoms in total. The van der Waals surface area contributed by atoms with Gasteiger partial charge in [0.2, 0.25) is 5.16 Å². The molecule has 0 spiro atoms. The van der Waals surface area contributed by atoms with Crippen LogP contribution in [0.5, 0.6) is 5.75 Å². The van der Waals surface area contributed by atoms with Gasteiger partial charge in [0.25, 0.3) is 0 Å². The Morgan fingerprint density at radius 3 is 2.67 bits per heavy atom. The molecule has 1 N–H and O–H groups in total. The highest BCUT2D eigenvalue weighted by Gasteiger charge is 2.08. The van der Waals surface area contributed by atoms with Gasteiger partial charge in [-0.3, -0.25) is 5.10 Å². The number of carbonyl (C=O) groups is 1. The Labute approximate surface area is 145 Å². The molecule has 0 radical (unpaired) electrons. The van der Waals surface area contributed by atoms with Crippen LogP contribution >= 0.6 is 11.8 Å². The molecule has 0 amide bonds. The monoisotopic (exact) mass is 346 g/mol. The number of rotatable bonds is 9. The van der Waals surface area contributed by atoms with Gasteiger partial charge in [-0.15, -0.1) is 5.10 Å². The predicted molar refractivity (Wildman–Crippen MR) is 91.4 cm³/mol. The lowest BCUT2D eigenvalue weighted by molar-refractivity contribution is -0.297. The van der Waals surface area contributed by atoms with Crippen molar-refractivity contribution in [2.45, 2.75) is 38.3 Å². The summed E-state index contributed by atoms with van der Waals surface area (Å²) in [5.74, 6) is 0.248. The third-order valence-corrected chi connectivity index (χ3v) is 3.92. The number of carbonyl (C=O) groups excluding carboxylic acids is 1. The fourth-order valence-corrected chi connectivity index (χ4v) is 2.65. The van der Waals surface area contributed by atoms with E-state index >= 15 is 0 Å². The van der Waals surface area contributed by atoms with E-state index in [1.807, 2.05) is 26.0 Å². The van der Waals surface area contributed by atoms with E-state index in [1.54, 1.807) is 18.2 Å². The highest BCUT2D eigenvalue weighted by atomic mass is 32.2. The van der Waals surface area contributed by atoms with Gasteiger partial charge in [0, 0.05) is 11.3 Å². The van der Waals surface area contributed by atoms with Gasteiger partial charge in [-0.2, -0.15) is 0 Å². The topological polar surface area (TPSA) is 90.9 Å². The van der Waals surface area contributed by atoms with Crippen LogP contribution in [0.3, 0.4) is 0 Å². The lowest BCUT2D eigenvalue weighted by Crippen LogP contribution is -2.23. The van der Waals surface area contributed by atoms with Gasteiger partial charge in [-0.1, -0.05) is 26.0 Å². The van der Waals surface area contributed by atoms with Crippen LogP contribution < -0.4 is 9.84 Å². The Hall–Kier alpha value is -2.28. The molecule has 0 unspecified atom stereocenters. The maximum atomic E-state index is 11.4. The Kier molecular flexibility index (Phi) is 6.87. The predicted octanol–water partition coefficient (Wildman–Crippen LogP) is 2.43. The first kappa shape index (κ1) is 18.1. The van der Waals surface area contributed by atoms with Crippen LogP contribution in [-0.4, -0.2) is 27.8 Å². The average molecular weight is 346 g/mol. The van der Waals surface area contributed by atoms with Crippen molar-refractivity contribution in [3.05, 3.63) is 40.6 Å². The molecule has 0 fully saturated rings. The first-order valence-corrected chi connectivity index (χ1v) is 8.69. The summed E-state index contributed by atoms with van der Waals surface area (Å²) in [6.45, 7) is 4.73. The van der Waals surface area contributed by atoms with Crippen LogP contribution in [0.15, 0.2) is 34.3 Å². The molecule has 1 aromatic heterocycles. The van der Waals surface area contributed by atoms with Crippen molar-refractivity contribution in [3.63, 3.8) is 0 Å². The number of aromatic nitrogens is 3. The average Bonchev–Trinajstić information content (AvgIpc) is 3.01. The molecule has 0 atom stereocenters. The van der Waals surface area contributed by atoms with Gasteiger partial charge in [-0.05, 0) is 48.4 Å². The molecule has 1 heterocycles. The van der Waals surface area contributed by atoms with E-state index in [4.69, 9.17) is 4.74 Å². The molecule has 2 aromatic rings. The van der Waals surface area contributed by atoms with Crippen LogP contribution in [0.1, 0.15) is 38.1 Å². The van der Waals surface area contributed by atoms with E-state index in [2.05, 4.69) is 15.2 Å². The fourth-order valence-electron chi connectivity index (χ4n) is 1.93. The Balaban J connectivity index is 2.10. The summed E-state index contributed by atoms with van der Waals surface area (Å²) in [6, 6.07) is 7.22. The molecular formula is C17H20N3O3S-. The molecule has 1 aromatic carbocycles. The molecule has 0 aliphatic carbocycles. The van der Waals surface area contributed by atoms with E-state index in [-0.39, 0.29) is 4.91 Å². The number of nitrogens with zero attached hydrogens (tertiary/aromatic N) is 2. The van der Waals surface area contributed by atoms with Crippen molar-refractivity contribution < 1.29 is 14.6 Å². The highest BCUT2D eigenvalue weighted by molar-refractivity contribution is 8.04. The Morgan fingerprint density at radius 2 is 2.04 bits per heavy atom. The number of aromatic amines is 1. The molecule has 0 aliphatic rings. The number of aryl methyl sites for hydroxylation is 1. The van der Waals surface area contributed by atoms with E-state index < -0.39 is 5.97 Å². The fraction of sp³-hybridized carbons (Fsp3) is 0.353. The number of carboxylic acid groups (broad SMARTS) is 1. The van der Waals surface area contributed by atoms with E-state index in [9.17, 15) is 9.90 Å². The minimum atomic E-state index is -1.26. The van der Waals surface area contributed by atoms with E-state index in [1.165, 1.54) is 0 Å². The zero-order valence-electron chi connectivity index (χ0n) is 13.7. The number of ether oxygens (including phenoxy) is 1. The summed E-state index contributed by atoms with van der Waals surface area (Å²) >= 11 is 0.971. The summed E-state index contributed by atoms with van der Waals surface area (Å²) in [4.78, 5) is 15.7. The van der Waals surface area contributed by atoms with Gasteiger partial charge in [0.15, 0.2) is 0 Å². The van der Waals surface area contributed by atoms with E-state index in [0.717, 1.165) is 48.2 Å². The van der Waals surface area contributed by atoms with Crippen molar-refractivity contribution in [3.8, 4) is 5.75 Å². The number of nitrogens with one attached hydrogen (secondary N) is 1. The van der Waals surface area contributed by atoms with Crippen molar-refractivity contribution in [2.75, 3.05) is 6.61 Å². The van der Waals surface area contributed by atoms with Crippen LogP contribution in [0.4, 0.5) is 0 Å². The Morgan fingerprint density at radius 1 is 1.29 bits per heavy atom. The van der Waals surface area contributed by atoms with Gasteiger partial charge < -0.3 is 14.6 Å². The molecule has 2 rings (SSSR count). The number of aliphatic carboxylic acids is 1. The first-order chi connectivity index (χ1) is 11.6. The van der Waals surface area contributed by atoms with Gasteiger partial charge in [-0.25, -0.2) is 4.98 Å². The minimum absolute atomic E-state index is 0.0549. The second-order valence-electron chi connectivity index (χ2n) is 5.13. The lowest BCUT2D eigenvalue weighted by Gasteiger charge is -2.07. The van der Waals surface area contributed by atoms with Crippen LogP contribution in [0.25, 0.3) is 6.08 Å². The van der Waals surface area contributed by atoms with Crippen molar-refractivity contribution >= 4 is 23.8 Å². The van der Waals surface area contributed by atoms with Gasteiger partial charge >= 0.3 is 0 Å². The molecule has 0 saturated carbocycles. The number of benzene rings is 1. The normalized spacial score (nSPS) is 11.5. The van der Waals surface area contributed by atoms with Crippen molar-refractivity contribution in [1.29, 1.82) is 0 Å². The van der Waals surface area contributed by atoms with Crippen molar-refractivity contribution in [1.82, 2.24) is 15.2 Å². The molecule has 0 saturated heterocycles. The number of hydrogen-bond acceptors (Lipinski definition) is 6. The number of hydrogen-bond donors (Lipinski definition) is 1. The molecule has 128 valence electrons. The third kappa shape index (κ3) is 5.42. The second kappa shape index (κ2) is 9.12.